The first-order valence-electron chi connectivity index (χ1n) is 4.48. The molecule has 1 N–H and O–H groups in total. The highest BCUT2D eigenvalue weighted by atomic mass is 15.0. The molecule has 0 bridgehead atoms. The topological polar surface area (TPSA) is 37.8 Å². The quantitative estimate of drug-likeness (QED) is 0.722. The monoisotopic (exact) mass is 163 g/mol. The van der Waals surface area contributed by atoms with Crippen molar-refractivity contribution in [2.75, 3.05) is 5.32 Å². The van der Waals surface area contributed by atoms with Crippen LogP contribution in [-0.4, -0.2) is 16.0 Å². The minimum atomic E-state index is 0.639. The second kappa shape index (κ2) is 3.52. The zero-order chi connectivity index (χ0) is 8.23. The number of nitrogens with one attached hydrogen (secondary N) is 1. The Morgan fingerprint density at radius 1 is 1.33 bits per heavy atom. The Hall–Kier alpha value is -1.12. The van der Waals surface area contributed by atoms with Gasteiger partial charge in [-0.05, 0) is 18.9 Å². The zero-order valence-electron chi connectivity index (χ0n) is 7.03. The molecule has 3 heteroatoms. The second-order valence-electron chi connectivity index (χ2n) is 3.22. The van der Waals surface area contributed by atoms with Gasteiger partial charge in [-0.3, -0.25) is 0 Å². The minimum absolute atomic E-state index is 0.639. The van der Waals surface area contributed by atoms with Gasteiger partial charge in [-0.2, -0.15) is 0 Å². The maximum Gasteiger partial charge on any atom is 0.129 e. The lowest BCUT2D eigenvalue weighted by atomic mass is 10.2. The normalized spacial score (nSPS) is 18.0. The van der Waals surface area contributed by atoms with Gasteiger partial charge < -0.3 is 5.32 Å². The van der Waals surface area contributed by atoms with Crippen LogP contribution in [0.1, 0.15) is 25.7 Å². The van der Waals surface area contributed by atoms with Gasteiger partial charge in [-0.15, -0.1) is 0 Å². The largest absolute Gasteiger partial charge is 0.367 e. The summed E-state index contributed by atoms with van der Waals surface area (Å²) < 4.78 is 0. The van der Waals surface area contributed by atoms with Crippen LogP contribution in [0.5, 0.6) is 0 Å². The van der Waals surface area contributed by atoms with E-state index in [2.05, 4.69) is 15.3 Å². The number of hydrogen-bond acceptors (Lipinski definition) is 3. The van der Waals surface area contributed by atoms with Crippen molar-refractivity contribution in [2.24, 2.45) is 0 Å². The van der Waals surface area contributed by atoms with Crippen molar-refractivity contribution >= 4 is 5.82 Å². The van der Waals surface area contributed by atoms with Gasteiger partial charge in [0.25, 0.3) is 0 Å². The molecule has 0 unspecified atom stereocenters. The lowest BCUT2D eigenvalue weighted by Crippen LogP contribution is -2.15. The van der Waals surface area contributed by atoms with Crippen LogP contribution in [0.2, 0.25) is 0 Å². The van der Waals surface area contributed by atoms with Crippen LogP contribution in [-0.2, 0) is 0 Å². The summed E-state index contributed by atoms with van der Waals surface area (Å²) in [5.41, 5.74) is 0. The van der Waals surface area contributed by atoms with Gasteiger partial charge in [0.1, 0.15) is 12.1 Å². The molecular formula is C9H13N3. The molecule has 1 aromatic heterocycles. The molecule has 1 aliphatic rings. The summed E-state index contributed by atoms with van der Waals surface area (Å²) in [6, 6.07) is 2.55. The van der Waals surface area contributed by atoms with Gasteiger partial charge in [0, 0.05) is 12.2 Å². The summed E-state index contributed by atoms with van der Waals surface area (Å²) in [4.78, 5) is 7.99. The van der Waals surface area contributed by atoms with Crippen LogP contribution in [0.4, 0.5) is 5.82 Å². The second-order valence-corrected chi connectivity index (χ2v) is 3.22. The summed E-state index contributed by atoms with van der Waals surface area (Å²) in [6.45, 7) is 0. The lowest BCUT2D eigenvalue weighted by Gasteiger charge is -2.11. The number of aromatic nitrogens is 2. The highest BCUT2D eigenvalue weighted by Gasteiger charge is 2.14. The molecule has 1 fully saturated rings. The molecule has 1 aromatic rings. The van der Waals surface area contributed by atoms with Gasteiger partial charge in [0.15, 0.2) is 0 Å². The summed E-state index contributed by atoms with van der Waals surface area (Å²) in [5, 5.41) is 3.39. The predicted octanol–water partition coefficient (Wildman–Crippen LogP) is 1.83. The standard InChI is InChI=1S/C9H13N3/c1-2-4-8(3-1)12-9-5-6-10-7-11-9/h5-8H,1-4H2,(H,10,11,12). The van der Waals surface area contributed by atoms with Gasteiger partial charge in [-0.1, -0.05) is 12.8 Å². The first-order valence-corrected chi connectivity index (χ1v) is 4.48. The summed E-state index contributed by atoms with van der Waals surface area (Å²) in [6.07, 6.45) is 8.61. The molecule has 12 heavy (non-hydrogen) atoms. The van der Waals surface area contributed by atoms with Crippen LogP contribution in [0.15, 0.2) is 18.6 Å². The van der Waals surface area contributed by atoms with Gasteiger partial charge in [0.05, 0.1) is 0 Å². The third kappa shape index (κ3) is 1.72. The van der Waals surface area contributed by atoms with Crippen LogP contribution in [0, 0.1) is 0 Å². The first-order chi connectivity index (χ1) is 5.95. The summed E-state index contributed by atoms with van der Waals surface area (Å²) >= 11 is 0. The Morgan fingerprint density at radius 3 is 2.83 bits per heavy atom. The maximum absolute atomic E-state index is 4.12. The third-order valence-electron chi connectivity index (χ3n) is 2.29. The minimum Gasteiger partial charge on any atom is -0.367 e. The number of anilines is 1. The summed E-state index contributed by atoms with van der Waals surface area (Å²) in [7, 11) is 0. The zero-order valence-corrected chi connectivity index (χ0v) is 7.03. The SMILES string of the molecule is c1cc(NC2CCCC2)ncn1. The van der Waals surface area contributed by atoms with Crippen LogP contribution >= 0.6 is 0 Å². The van der Waals surface area contributed by atoms with E-state index < -0.39 is 0 Å². The number of nitrogens with zero attached hydrogens (tertiary/aromatic N) is 2. The van der Waals surface area contributed by atoms with E-state index in [9.17, 15) is 0 Å². The van der Waals surface area contributed by atoms with E-state index in [0.29, 0.717) is 6.04 Å². The van der Waals surface area contributed by atoms with Crippen molar-refractivity contribution in [3.8, 4) is 0 Å². The fraction of sp³-hybridized carbons (Fsp3) is 0.556. The molecule has 1 saturated carbocycles. The molecule has 0 amide bonds. The molecule has 0 saturated heterocycles. The summed E-state index contributed by atoms with van der Waals surface area (Å²) in [5.74, 6) is 0.955. The van der Waals surface area contributed by atoms with E-state index in [1.807, 2.05) is 6.07 Å². The van der Waals surface area contributed by atoms with Gasteiger partial charge >= 0.3 is 0 Å². The van der Waals surface area contributed by atoms with Crippen molar-refractivity contribution < 1.29 is 0 Å². The highest BCUT2D eigenvalue weighted by Crippen LogP contribution is 2.20. The molecule has 1 aliphatic carbocycles. The van der Waals surface area contributed by atoms with Gasteiger partial charge in [0.2, 0.25) is 0 Å². The number of hydrogen-bond donors (Lipinski definition) is 1. The average molecular weight is 163 g/mol. The molecule has 2 rings (SSSR count). The first kappa shape index (κ1) is 7.53. The van der Waals surface area contributed by atoms with Crippen molar-refractivity contribution in [1.29, 1.82) is 0 Å². The van der Waals surface area contributed by atoms with Crippen molar-refractivity contribution in [3.63, 3.8) is 0 Å². The number of rotatable bonds is 2. The smallest absolute Gasteiger partial charge is 0.129 e. The Labute approximate surface area is 72.2 Å². The maximum atomic E-state index is 4.12. The van der Waals surface area contributed by atoms with Crippen LogP contribution < -0.4 is 5.32 Å². The van der Waals surface area contributed by atoms with Gasteiger partial charge in [-0.25, -0.2) is 9.97 Å². The average Bonchev–Trinajstić information content (AvgIpc) is 2.59. The molecule has 0 aromatic carbocycles. The molecule has 64 valence electrons. The van der Waals surface area contributed by atoms with Crippen molar-refractivity contribution in [3.05, 3.63) is 18.6 Å². The van der Waals surface area contributed by atoms with Crippen molar-refractivity contribution in [2.45, 2.75) is 31.7 Å². The third-order valence-corrected chi connectivity index (χ3v) is 2.29. The molecule has 0 atom stereocenters. The van der Waals surface area contributed by atoms with Crippen LogP contribution in [0.3, 0.4) is 0 Å². The van der Waals surface area contributed by atoms with E-state index in [-0.39, 0.29) is 0 Å². The molecule has 0 spiro atoms. The van der Waals surface area contributed by atoms with E-state index in [1.165, 1.54) is 25.7 Å². The Morgan fingerprint density at radius 2 is 2.17 bits per heavy atom. The Balaban J connectivity index is 1.94. The molecule has 0 radical (unpaired) electrons. The van der Waals surface area contributed by atoms with Crippen molar-refractivity contribution in [1.82, 2.24) is 9.97 Å². The molecule has 0 aliphatic heterocycles. The van der Waals surface area contributed by atoms with E-state index >= 15 is 0 Å². The fourth-order valence-electron chi connectivity index (χ4n) is 1.66. The van der Waals surface area contributed by atoms with E-state index in [1.54, 1.807) is 12.5 Å². The molecular weight excluding hydrogens is 150 g/mol. The van der Waals surface area contributed by atoms with E-state index in [4.69, 9.17) is 0 Å². The molecule has 1 heterocycles. The molecule has 3 nitrogen and oxygen atoms in total. The Kier molecular flexibility index (Phi) is 2.21. The van der Waals surface area contributed by atoms with Crippen LogP contribution in [0.25, 0.3) is 0 Å². The fourth-order valence-corrected chi connectivity index (χ4v) is 1.66. The Bertz CT molecular complexity index is 229. The highest BCUT2D eigenvalue weighted by molar-refractivity contribution is 5.33. The lowest BCUT2D eigenvalue weighted by molar-refractivity contribution is 0.750. The van der Waals surface area contributed by atoms with E-state index in [0.717, 1.165) is 5.82 Å². The predicted molar refractivity (Wildman–Crippen MR) is 47.9 cm³/mol.